The first-order valence-electron chi connectivity index (χ1n) is 11.9. The Morgan fingerprint density at radius 2 is 2.00 bits per heavy atom. The Morgan fingerprint density at radius 1 is 1.21 bits per heavy atom. The van der Waals surface area contributed by atoms with Gasteiger partial charge in [0.05, 0.1) is 5.69 Å². The van der Waals surface area contributed by atoms with Gasteiger partial charge in [-0.05, 0) is 55.4 Å². The van der Waals surface area contributed by atoms with E-state index in [1.54, 1.807) is 13.0 Å². The number of rotatable bonds is 5. The van der Waals surface area contributed by atoms with Gasteiger partial charge in [0.25, 0.3) is 5.95 Å². The van der Waals surface area contributed by atoms with Crippen molar-refractivity contribution in [2.45, 2.75) is 51.9 Å². The van der Waals surface area contributed by atoms with Gasteiger partial charge in [0, 0.05) is 37.9 Å². The lowest BCUT2D eigenvalue weighted by atomic mass is 9.95. The van der Waals surface area contributed by atoms with E-state index in [-0.39, 0.29) is 29.5 Å². The molecule has 2 aliphatic rings. The molecule has 1 amide bonds. The molecule has 3 aromatic rings. The van der Waals surface area contributed by atoms with E-state index in [0.717, 1.165) is 63.1 Å². The van der Waals surface area contributed by atoms with Crippen LogP contribution >= 0.6 is 0 Å². The third kappa shape index (κ3) is 4.26. The number of halogens is 1. The van der Waals surface area contributed by atoms with E-state index < -0.39 is 0 Å². The first-order chi connectivity index (χ1) is 15.9. The van der Waals surface area contributed by atoms with Crippen LogP contribution in [0.5, 0.6) is 0 Å². The molecular weight excluding hydrogens is 423 g/mol. The van der Waals surface area contributed by atoms with Crippen LogP contribution in [0.25, 0.3) is 16.9 Å². The molecule has 0 saturated carbocycles. The second-order valence-electron chi connectivity index (χ2n) is 9.71. The van der Waals surface area contributed by atoms with Crippen molar-refractivity contribution in [1.29, 1.82) is 0 Å². The number of hydrogen-bond acceptors (Lipinski definition) is 6. The lowest BCUT2D eigenvalue weighted by molar-refractivity contribution is -0.127. The van der Waals surface area contributed by atoms with E-state index >= 15 is 0 Å². The van der Waals surface area contributed by atoms with Crippen molar-refractivity contribution in [3.05, 3.63) is 35.6 Å². The molecule has 4 heterocycles. The topological polar surface area (TPSA) is 80.3 Å². The molecule has 1 aromatic carbocycles. The second-order valence-corrected chi connectivity index (χ2v) is 9.71. The molecule has 2 fully saturated rings. The Kier molecular flexibility index (Phi) is 5.90. The van der Waals surface area contributed by atoms with Gasteiger partial charge in [-0.25, -0.2) is 4.39 Å². The number of likely N-dealkylation sites (tertiary alicyclic amines) is 2. The summed E-state index contributed by atoms with van der Waals surface area (Å²) in [6.07, 6.45) is 2.96. The van der Waals surface area contributed by atoms with Crippen LogP contribution in [0.2, 0.25) is 0 Å². The maximum Gasteiger partial charge on any atom is 0.291 e. The highest BCUT2D eigenvalue weighted by Gasteiger charge is 2.30. The Morgan fingerprint density at radius 3 is 2.70 bits per heavy atom. The Hall–Kier alpha value is -2.81. The Balaban J connectivity index is 1.27. The lowest BCUT2D eigenvalue weighted by Crippen LogP contribution is -2.37. The van der Waals surface area contributed by atoms with E-state index in [4.69, 9.17) is 4.52 Å². The van der Waals surface area contributed by atoms with Crippen molar-refractivity contribution in [1.82, 2.24) is 29.7 Å². The molecule has 1 atom stereocenters. The van der Waals surface area contributed by atoms with Gasteiger partial charge in [-0.1, -0.05) is 26.0 Å². The average molecular weight is 455 g/mol. The zero-order valence-corrected chi connectivity index (χ0v) is 19.5. The van der Waals surface area contributed by atoms with Crippen molar-refractivity contribution in [3.63, 3.8) is 0 Å². The zero-order chi connectivity index (χ0) is 23.1. The fourth-order valence-corrected chi connectivity index (χ4v) is 5.19. The van der Waals surface area contributed by atoms with Crippen molar-refractivity contribution < 1.29 is 13.7 Å². The van der Waals surface area contributed by atoms with Gasteiger partial charge in [-0.3, -0.25) is 4.79 Å². The monoisotopic (exact) mass is 454 g/mol. The Bertz CT molecular complexity index is 1150. The highest BCUT2D eigenvalue weighted by atomic mass is 19.1. The predicted octanol–water partition coefficient (Wildman–Crippen LogP) is 3.72. The number of carbonyl (C=O) groups is 1. The summed E-state index contributed by atoms with van der Waals surface area (Å²) in [5, 5.41) is 9.55. The minimum atomic E-state index is -0.346. The lowest BCUT2D eigenvalue weighted by Gasteiger charge is -2.32. The number of carbonyl (C=O) groups excluding carboxylic acids is 1. The third-order valence-electron chi connectivity index (χ3n) is 7.03. The van der Waals surface area contributed by atoms with Gasteiger partial charge in [0.2, 0.25) is 11.8 Å². The molecule has 176 valence electrons. The number of hydrogen-bond donors (Lipinski definition) is 0. The first-order valence-corrected chi connectivity index (χ1v) is 11.9. The van der Waals surface area contributed by atoms with Gasteiger partial charge >= 0.3 is 0 Å². The first kappa shape index (κ1) is 22.0. The molecule has 0 spiro atoms. The average Bonchev–Trinajstić information content (AvgIpc) is 3.53. The van der Waals surface area contributed by atoms with E-state index in [1.165, 1.54) is 10.7 Å². The van der Waals surface area contributed by atoms with E-state index in [2.05, 4.69) is 20.1 Å². The van der Waals surface area contributed by atoms with Gasteiger partial charge in [0.15, 0.2) is 0 Å². The highest BCUT2D eigenvalue weighted by molar-refractivity contribution is 5.84. The summed E-state index contributed by atoms with van der Waals surface area (Å²) in [7, 11) is 0. The molecule has 0 radical (unpaired) electrons. The summed E-state index contributed by atoms with van der Waals surface area (Å²) in [4.78, 5) is 20.6. The highest BCUT2D eigenvalue weighted by Crippen LogP contribution is 2.31. The molecule has 33 heavy (non-hydrogen) atoms. The molecule has 8 nitrogen and oxygen atoms in total. The minimum absolute atomic E-state index is 0.147. The fraction of sp³-hybridized carbons (Fsp3) is 0.583. The molecule has 0 N–H and O–H groups in total. The summed E-state index contributed by atoms with van der Waals surface area (Å²) in [5.74, 6) is 1.60. The van der Waals surface area contributed by atoms with Gasteiger partial charge in [0.1, 0.15) is 11.3 Å². The van der Waals surface area contributed by atoms with Crippen molar-refractivity contribution in [3.8, 4) is 5.95 Å². The molecule has 2 aromatic heterocycles. The molecular formula is C24H31FN6O2. The predicted molar refractivity (Wildman–Crippen MR) is 122 cm³/mol. The summed E-state index contributed by atoms with van der Waals surface area (Å²) in [6, 6.07) is 5.02. The minimum Gasteiger partial charge on any atom is -0.343 e. The van der Waals surface area contributed by atoms with Crippen LogP contribution in [-0.4, -0.2) is 68.4 Å². The molecule has 9 heteroatoms. The van der Waals surface area contributed by atoms with Crippen LogP contribution in [0, 0.1) is 11.7 Å². The number of para-hydroxylation sites is 1. The normalized spacial score (nSPS) is 20.4. The van der Waals surface area contributed by atoms with E-state index in [9.17, 15) is 9.18 Å². The molecule has 0 bridgehead atoms. The maximum absolute atomic E-state index is 14.7. The van der Waals surface area contributed by atoms with Gasteiger partial charge < -0.3 is 14.3 Å². The number of piperidine rings is 1. The number of fused-ring (bicyclic) bond motifs is 1. The van der Waals surface area contributed by atoms with Crippen LogP contribution < -0.4 is 0 Å². The summed E-state index contributed by atoms with van der Waals surface area (Å²) in [5.41, 5.74) is 1.21. The van der Waals surface area contributed by atoms with E-state index in [0.29, 0.717) is 17.3 Å². The second kappa shape index (κ2) is 8.85. The van der Waals surface area contributed by atoms with Crippen LogP contribution in [0.3, 0.4) is 0 Å². The van der Waals surface area contributed by atoms with Gasteiger partial charge in [-0.15, -0.1) is 0 Å². The molecule has 0 aliphatic carbocycles. The summed E-state index contributed by atoms with van der Waals surface area (Å²) >= 11 is 0. The summed E-state index contributed by atoms with van der Waals surface area (Å²) < 4.78 is 21.8. The van der Waals surface area contributed by atoms with Crippen molar-refractivity contribution >= 4 is 16.8 Å². The molecule has 2 saturated heterocycles. The van der Waals surface area contributed by atoms with Crippen LogP contribution in [0.15, 0.2) is 22.7 Å². The largest absolute Gasteiger partial charge is 0.343 e. The van der Waals surface area contributed by atoms with Crippen LogP contribution in [0.1, 0.15) is 63.5 Å². The SMILES string of the molecule is CC(=O)N1CC[C@@H](CN2CCC(c3nc(-n4nc(C(C)C)c5cccc(F)c54)no3)CC2)C1. The van der Waals surface area contributed by atoms with Crippen molar-refractivity contribution in [2.24, 2.45) is 5.92 Å². The van der Waals surface area contributed by atoms with Crippen molar-refractivity contribution in [2.75, 3.05) is 32.7 Å². The maximum atomic E-state index is 14.7. The number of aromatic nitrogens is 4. The summed E-state index contributed by atoms with van der Waals surface area (Å²) in [6.45, 7) is 10.4. The van der Waals surface area contributed by atoms with E-state index in [1.807, 2.05) is 24.8 Å². The van der Waals surface area contributed by atoms with Crippen LogP contribution in [-0.2, 0) is 4.79 Å². The number of benzene rings is 1. The quantitative estimate of drug-likeness (QED) is 0.585. The smallest absolute Gasteiger partial charge is 0.291 e. The van der Waals surface area contributed by atoms with Gasteiger partial charge in [-0.2, -0.15) is 14.8 Å². The van der Waals surface area contributed by atoms with Crippen LogP contribution in [0.4, 0.5) is 4.39 Å². The zero-order valence-electron chi connectivity index (χ0n) is 19.5. The molecule has 0 unspecified atom stereocenters. The molecule has 2 aliphatic heterocycles. The third-order valence-corrected chi connectivity index (χ3v) is 7.03. The fourth-order valence-electron chi connectivity index (χ4n) is 5.19. The Labute approximate surface area is 192 Å². The molecule has 5 rings (SSSR count). The number of amides is 1. The standard InChI is InChI=1S/C24H31FN6O2/c1-15(2)21-19-5-4-6-20(25)22(19)31(27-21)24-26-23(33-28-24)18-8-10-29(11-9-18)13-17-7-12-30(14-17)16(3)32/h4-6,15,17-18H,7-14H2,1-3H3/t17-/m0/s1. The number of nitrogens with zero attached hydrogens (tertiary/aromatic N) is 6.